The summed E-state index contributed by atoms with van der Waals surface area (Å²) in [6.07, 6.45) is 0.820. The number of carbonyl (C=O) groups excluding carboxylic acids is 1. The molecule has 1 fully saturated rings. The van der Waals surface area contributed by atoms with Crippen LogP contribution in [0, 0.1) is 6.92 Å². The molecule has 4 aromatic rings. The fourth-order valence-electron chi connectivity index (χ4n) is 5.81. The first-order valence-corrected chi connectivity index (χ1v) is 16.2. The van der Waals surface area contributed by atoms with Gasteiger partial charge in [0.05, 0.1) is 37.9 Å². The van der Waals surface area contributed by atoms with E-state index in [2.05, 4.69) is 47.3 Å². The van der Waals surface area contributed by atoms with Gasteiger partial charge < -0.3 is 23.8 Å². The summed E-state index contributed by atoms with van der Waals surface area (Å²) in [4.78, 5) is 19.7. The summed E-state index contributed by atoms with van der Waals surface area (Å²) in [7, 11) is 1.68. The lowest BCUT2D eigenvalue weighted by molar-refractivity contribution is -0.497. The molecule has 1 amide bonds. The molecule has 0 saturated carbocycles. The van der Waals surface area contributed by atoms with Crippen molar-refractivity contribution in [2.24, 2.45) is 0 Å². The van der Waals surface area contributed by atoms with Gasteiger partial charge in [0.1, 0.15) is 12.4 Å². The Morgan fingerprint density at radius 1 is 0.854 bits per heavy atom. The first-order valence-electron chi connectivity index (χ1n) is 16.2. The number of carbonyl (C=O) groups is 1. The van der Waals surface area contributed by atoms with E-state index in [9.17, 15) is 4.79 Å². The molecule has 254 valence electrons. The number of piperidine rings is 1. The Morgan fingerprint density at radius 3 is 2.35 bits per heavy atom. The van der Waals surface area contributed by atoms with Crippen LogP contribution in [-0.4, -0.2) is 66.3 Å². The van der Waals surface area contributed by atoms with Crippen LogP contribution in [-0.2, 0) is 38.9 Å². The molecule has 0 spiro atoms. The van der Waals surface area contributed by atoms with E-state index in [0.717, 1.165) is 45.6 Å². The third kappa shape index (κ3) is 10.1. The fourth-order valence-corrected chi connectivity index (χ4v) is 5.81. The van der Waals surface area contributed by atoms with Crippen LogP contribution in [0.3, 0.4) is 0 Å². The summed E-state index contributed by atoms with van der Waals surface area (Å²) in [5.74, 6) is 0.862. The maximum absolute atomic E-state index is 13.3. The van der Waals surface area contributed by atoms with Crippen molar-refractivity contribution in [3.63, 3.8) is 0 Å². The predicted octanol–water partition coefficient (Wildman–Crippen LogP) is 7.30. The van der Waals surface area contributed by atoms with E-state index in [0.29, 0.717) is 39.3 Å². The summed E-state index contributed by atoms with van der Waals surface area (Å²) < 4.78 is 23.7. The van der Waals surface area contributed by atoms with Crippen LogP contribution < -0.4 is 4.74 Å². The van der Waals surface area contributed by atoms with Crippen LogP contribution in [0.4, 0.5) is 4.79 Å². The molecule has 0 bridgehead atoms. The van der Waals surface area contributed by atoms with Crippen LogP contribution in [0.15, 0.2) is 97.1 Å². The minimum atomic E-state index is -0.402. The first kappa shape index (κ1) is 35.0. The molecule has 1 heterocycles. The zero-order chi connectivity index (χ0) is 33.7. The van der Waals surface area contributed by atoms with Gasteiger partial charge in [0.25, 0.3) is 0 Å². The van der Waals surface area contributed by atoms with Crippen LogP contribution in [0.5, 0.6) is 5.75 Å². The molecule has 0 radical (unpaired) electrons. The van der Waals surface area contributed by atoms with Crippen LogP contribution in [0.25, 0.3) is 11.1 Å². The number of hydrogen-bond acceptors (Lipinski definition) is 9. The molecule has 10 nitrogen and oxygen atoms in total. The summed E-state index contributed by atoms with van der Waals surface area (Å²) in [6, 6.07) is 32.2. The zero-order valence-corrected chi connectivity index (χ0v) is 27.5. The highest BCUT2D eigenvalue weighted by atomic mass is 17.1. The van der Waals surface area contributed by atoms with Crippen LogP contribution in [0.2, 0.25) is 0 Å². The second-order valence-corrected chi connectivity index (χ2v) is 11.9. The average molecular weight is 657 g/mol. The fraction of sp³-hybridized carbons (Fsp3) is 0.342. The van der Waals surface area contributed by atoms with Gasteiger partial charge in [-0.15, -0.1) is 0 Å². The van der Waals surface area contributed by atoms with Gasteiger partial charge in [-0.25, -0.2) is 9.63 Å². The molecule has 2 atom stereocenters. The van der Waals surface area contributed by atoms with Gasteiger partial charge >= 0.3 is 6.09 Å². The van der Waals surface area contributed by atoms with Crippen LogP contribution >= 0.6 is 0 Å². The first-order chi connectivity index (χ1) is 23.4. The number of hydrogen-bond donors (Lipinski definition) is 2. The lowest BCUT2D eigenvalue weighted by Gasteiger charge is -2.38. The van der Waals surface area contributed by atoms with Crippen molar-refractivity contribution in [1.29, 1.82) is 0 Å². The molecular formula is C38H44N2O8. The second-order valence-electron chi connectivity index (χ2n) is 11.9. The van der Waals surface area contributed by atoms with Crippen molar-refractivity contribution in [3.05, 3.63) is 125 Å². The number of rotatable bonds is 15. The number of nitrogens with zero attached hydrogens (tertiary/aromatic N) is 2. The van der Waals surface area contributed by atoms with Crippen molar-refractivity contribution in [1.82, 2.24) is 10.3 Å². The monoisotopic (exact) mass is 656 g/mol. The lowest BCUT2D eigenvalue weighted by atomic mass is 9.85. The summed E-state index contributed by atoms with van der Waals surface area (Å²) >= 11 is 0. The normalized spacial score (nSPS) is 16.2. The molecule has 1 unspecified atom stereocenters. The van der Waals surface area contributed by atoms with Gasteiger partial charge in [-0.2, -0.15) is 0 Å². The summed E-state index contributed by atoms with van der Waals surface area (Å²) in [6.45, 7) is 4.55. The van der Waals surface area contributed by atoms with E-state index in [-0.39, 0.29) is 30.6 Å². The highest BCUT2D eigenvalue weighted by Gasteiger charge is 2.34. The van der Waals surface area contributed by atoms with Gasteiger partial charge in [-0.05, 0) is 52.8 Å². The molecule has 0 aliphatic carbocycles. The third-order valence-electron chi connectivity index (χ3n) is 8.40. The van der Waals surface area contributed by atoms with E-state index >= 15 is 0 Å². The number of methoxy groups -OCH3 is 1. The summed E-state index contributed by atoms with van der Waals surface area (Å²) in [5.41, 5.74) is 7.05. The Hall–Kier alpha value is -4.29. The van der Waals surface area contributed by atoms with Crippen molar-refractivity contribution in [2.45, 2.75) is 51.6 Å². The number of benzene rings is 4. The van der Waals surface area contributed by atoms with E-state index < -0.39 is 6.09 Å². The second kappa shape index (κ2) is 17.7. The van der Waals surface area contributed by atoms with Crippen molar-refractivity contribution in [2.75, 3.05) is 33.4 Å². The number of amides is 1. The minimum Gasteiger partial charge on any atom is -0.493 e. The van der Waals surface area contributed by atoms with Gasteiger partial charge in [0.15, 0.2) is 0 Å². The highest BCUT2D eigenvalue weighted by molar-refractivity contribution is 5.68. The summed E-state index contributed by atoms with van der Waals surface area (Å²) in [5, 5.41) is 17.2. The average Bonchev–Trinajstić information content (AvgIpc) is 3.12. The third-order valence-corrected chi connectivity index (χ3v) is 8.40. The van der Waals surface area contributed by atoms with E-state index in [1.807, 2.05) is 37.3 Å². The standard InChI is InChI=1S/C38H44N2O8/c1-28-12-17-34(36(22-28)45-21-7-20-44-2)27-46-37-24-39(38(41)47-25-29-13-15-30(16-14-29)26-48-40(42)43)19-18-35(37)33-11-6-10-32(23-33)31-8-4-3-5-9-31/h3-6,8-17,22-23,35,37,42-43H,7,18-21,24-27H2,1-2H3/t35-,37?/m1/s1. The Balaban J connectivity index is 1.29. The van der Waals surface area contributed by atoms with Crippen LogP contribution in [0.1, 0.15) is 46.6 Å². The highest BCUT2D eigenvalue weighted by Crippen LogP contribution is 2.34. The van der Waals surface area contributed by atoms with E-state index in [1.54, 1.807) is 36.3 Å². The number of likely N-dealkylation sites (tertiary alicyclic amines) is 1. The molecule has 2 N–H and O–H groups in total. The Labute approximate surface area is 281 Å². The Kier molecular flexibility index (Phi) is 12.9. The van der Waals surface area contributed by atoms with Crippen molar-refractivity contribution in [3.8, 4) is 16.9 Å². The van der Waals surface area contributed by atoms with E-state index in [4.69, 9.17) is 29.4 Å². The van der Waals surface area contributed by atoms with Gasteiger partial charge in [0.2, 0.25) is 0 Å². The molecule has 1 aliphatic rings. The lowest BCUT2D eigenvalue weighted by Crippen LogP contribution is -2.47. The van der Waals surface area contributed by atoms with Gasteiger partial charge in [0, 0.05) is 38.2 Å². The molecule has 5 rings (SSSR count). The predicted molar refractivity (Wildman–Crippen MR) is 179 cm³/mol. The molecule has 1 aliphatic heterocycles. The largest absolute Gasteiger partial charge is 0.493 e. The molecule has 48 heavy (non-hydrogen) atoms. The quantitative estimate of drug-likeness (QED) is 0.101. The number of ether oxygens (including phenoxy) is 4. The zero-order valence-electron chi connectivity index (χ0n) is 27.5. The topological polar surface area (TPSA) is 110 Å². The maximum atomic E-state index is 13.3. The Morgan fingerprint density at radius 2 is 1.60 bits per heavy atom. The van der Waals surface area contributed by atoms with Gasteiger partial charge in [-0.3, -0.25) is 10.4 Å². The minimum absolute atomic E-state index is 0.0122. The van der Waals surface area contributed by atoms with Gasteiger partial charge in [-0.1, -0.05) is 91.0 Å². The van der Waals surface area contributed by atoms with E-state index in [1.165, 1.54) is 5.56 Å². The molecule has 0 aromatic heterocycles. The number of aryl methyl sites for hydroxylation is 1. The smallest absolute Gasteiger partial charge is 0.410 e. The maximum Gasteiger partial charge on any atom is 0.410 e. The molecule has 4 aromatic carbocycles. The molecule has 10 heteroatoms. The van der Waals surface area contributed by atoms with Crippen molar-refractivity contribution >= 4 is 6.09 Å². The Bertz CT molecular complexity index is 1580. The SMILES string of the molecule is COCCCOc1cc(C)ccc1COC1CN(C(=O)OCc2ccc(CON(O)O)cc2)CC[C@@H]1c1cccc(-c2ccccc2)c1. The van der Waals surface area contributed by atoms with Crippen molar-refractivity contribution < 1.29 is 39.0 Å². The molecule has 1 saturated heterocycles. The molecular weight excluding hydrogens is 612 g/mol.